The van der Waals surface area contributed by atoms with E-state index in [0.717, 1.165) is 12.1 Å². The van der Waals surface area contributed by atoms with Crippen molar-refractivity contribution in [1.29, 1.82) is 0 Å². The minimum Gasteiger partial charge on any atom is -0.274 e. The second kappa shape index (κ2) is 4.61. The Bertz CT molecular complexity index is 520. The molecule has 3 nitrogen and oxygen atoms in total. The lowest BCUT2D eigenvalue weighted by atomic mass is 10.2. The van der Waals surface area contributed by atoms with Crippen LogP contribution in [-0.2, 0) is 16.2 Å². The molecule has 0 radical (unpaired) electrons. The fourth-order valence-corrected chi connectivity index (χ4v) is 2.39. The van der Waals surface area contributed by atoms with E-state index in [-0.39, 0.29) is 9.88 Å². The summed E-state index contributed by atoms with van der Waals surface area (Å²) < 4.78 is 61.8. The van der Waals surface area contributed by atoms with Crippen molar-refractivity contribution >= 4 is 27.2 Å². The molecule has 0 aliphatic rings. The first-order valence-electron chi connectivity index (χ1n) is 4.33. The number of halogens is 3. The largest absolute Gasteiger partial charge is 0.416 e. The average molecular weight is 283 g/mol. The van der Waals surface area contributed by atoms with E-state index in [9.17, 15) is 21.6 Å². The monoisotopic (exact) mass is 283 g/mol. The van der Waals surface area contributed by atoms with Gasteiger partial charge in [0.15, 0.2) is 0 Å². The Morgan fingerprint density at radius 3 is 2.06 bits per heavy atom. The van der Waals surface area contributed by atoms with Crippen LogP contribution in [0.2, 0.25) is 0 Å². The van der Waals surface area contributed by atoms with Crippen LogP contribution in [0.5, 0.6) is 0 Å². The molecule has 1 aromatic carbocycles. The van der Waals surface area contributed by atoms with E-state index in [0.29, 0.717) is 12.1 Å². The number of hydrogen-bond donors (Lipinski definition) is 1. The van der Waals surface area contributed by atoms with E-state index in [1.165, 1.54) is 6.92 Å². The molecule has 0 heterocycles. The van der Waals surface area contributed by atoms with Crippen molar-refractivity contribution < 1.29 is 21.6 Å². The number of sulfonamides is 1. The third-order valence-corrected chi connectivity index (χ3v) is 3.47. The Balaban J connectivity index is 3.08. The first kappa shape index (κ1) is 13.9. The maximum absolute atomic E-state index is 12.2. The van der Waals surface area contributed by atoms with Crippen LogP contribution in [0, 0.1) is 0 Å². The molecular formula is C9H8F3NO2S2. The van der Waals surface area contributed by atoms with Crippen molar-refractivity contribution in [2.75, 3.05) is 0 Å². The quantitative estimate of drug-likeness (QED) is 0.847. The number of thiocarbonyl (C=S) groups is 1. The standard InChI is InChI=1S/C9H8F3NO2S2/c1-6(16)13-17(14,15)8-4-2-7(3-5-8)9(10,11)12/h2-5H,1H3,(H,13,16). The second-order valence-electron chi connectivity index (χ2n) is 3.18. The number of hydrogen-bond acceptors (Lipinski definition) is 3. The number of nitrogens with one attached hydrogen (secondary N) is 1. The van der Waals surface area contributed by atoms with Crippen molar-refractivity contribution in [2.24, 2.45) is 0 Å². The lowest BCUT2D eigenvalue weighted by molar-refractivity contribution is -0.137. The normalized spacial score (nSPS) is 12.2. The highest BCUT2D eigenvalue weighted by Crippen LogP contribution is 2.29. The average Bonchev–Trinajstić information content (AvgIpc) is 2.14. The molecule has 0 bridgehead atoms. The summed E-state index contributed by atoms with van der Waals surface area (Å²) >= 11 is 4.56. The van der Waals surface area contributed by atoms with Gasteiger partial charge in [0.2, 0.25) is 0 Å². The predicted molar refractivity (Wildman–Crippen MR) is 60.0 cm³/mol. The molecule has 94 valence electrons. The zero-order valence-electron chi connectivity index (χ0n) is 8.58. The van der Waals surface area contributed by atoms with Gasteiger partial charge in [0.25, 0.3) is 10.0 Å². The highest BCUT2D eigenvalue weighted by molar-refractivity contribution is 7.91. The van der Waals surface area contributed by atoms with Gasteiger partial charge in [-0.15, -0.1) is 0 Å². The molecule has 0 amide bonds. The number of rotatable bonds is 2. The molecule has 0 spiro atoms. The molecule has 8 heteroatoms. The van der Waals surface area contributed by atoms with Gasteiger partial charge in [0.05, 0.1) is 15.4 Å². The Labute approximate surface area is 102 Å². The van der Waals surface area contributed by atoms with E-state index in [1.807, 2.05) is 4.72 Å². The summed E-state index contributed by atoms with van der Waals surface area (Å²) in [5.41, 5.74) is -0.907. The van der Waals surface area contributed by atoms with Crippen LogP contribution < -0.4 is 4.72 Å². The summed E-state index contributed by atoms with van der Waals surface area (Å²) in [5, 5.41) is 0. The number of alkyl halides is 3. The van der Waals surface area contributed by atoms with Gasteiger partial charge in [0.1, 0.15) is 0 Å². The topological polar surface area (TPSA) is 46.2 Å². The maximum atomic E-state index is 12.2. The van der Waals surface area contributed by atoms with Gasteiger partial charge in [-0.2, -0.15) is 13.2 Å². The zero-order valence-corrected chi connectivity index (χ0v) is 10.2. The van der Waals surface area contributed by atoms with Crippen molar-refractivity contribution in [3.05, 3.63) is 29.8 Å². The summed E-state index contributed by atoms with van der Waals surface area (Å²) in [7, 11) is -3.88. The summed E-state index contributed by atoms with van der Waals surface area (Å²) in [4.78, 5) is -0.250. The molecule has 17 heavy (non-hydrogen) atoms. The van der Waals surface area contributed by atoms with Gasteiger partial charge >= 0.3 is 6.18 Å². The smallest absolute Gasteiger partial charge is 0.274 e. The number of benzene rings is 1. The van der Waals surface area contributed by atoms with Gasteiger partial charge in [-0.25, -0.2) is 8.42 Å². The molecule has 1 N–H and O–H groups in total. The molecule has 0 saturated carbocycles. The lowest BCUT2D eigenvalue weighted by Crippen LogP contribution is -2.27. The zero-order chi connectivity index (χ0) is 13.3. The summed E-state index contributed by atoms with van der Waals surface area (Å²) in [6, 6.07) is 3.16. The summed E-state index contributed by atoms with van der Waals surface area (Å²) in [6.45, 7) is 1.36. The van der Waals surface area contributed by atoms with Gasteiger partial charge in [-0.1, -0.05) is 12.2 Å². The molecule has 0 atom stereocenters. The molecule has 1 rings (SSSR count). The highest BCUT2D eigenvalue weighted by Gasteiger charge is 2.30. The van der Waals surface area contributed by atoms with Gasteiger partial charge in [-0.05, 0) is 31.2 Å². The molecule has 0 fully saturated rings. The van der Waals surface area contributed by atoms with E-state index in [1.54, 1.807) is 0 Å². The van der Waals surface area contributed by atoms with Crippen molar-refractivity contribution in [1.82, 2.24) is 4.72 Å². The second-order valence-corrected chi connectivity index (χ2v) is 5.48. The van der Waals surface area contributed by atoms with Crippen LogP contribution >= 0.6 is 12.2 Å². The molecule has 0 saturated heterocycles. The minimum absolute atomic E-state index is 0.0184. The van der Waals surface area contributed by atoms with Crippen molar-refractivity contribution in [2.45, 2.75) is 18.0 Å². The van der Waals surface area contributed by atoms with Crippen molar-refractivity contribution in [3.63, 3.8) is 0 Å². The van der Waals surface area contributed by atoms with Crippen LogP contribution in [-0.4, -0.2) is 13.4 Å². The van der Waals surface area contributed by atoms with E-state index < -0.39 is 21.8 Å². The Morgan fingerprint density at radius 1 is 1.24 bits per heavy atom. The van der Waals surface area contributed by atoms with E-state index in [2.05, 4.69) is 12.2 Å². The molecule has 0 aliphatic carbocycles. The highest BCUT2D eigenvalue weighted by atomic mass is 32.2. The van der Waals surface area contributed by atoms with Crippen LogP contribution in [0.1, 0.15) is 12.5 Å². The van der Waals surface area contributed by atoms with Crippen LogP contribution in [0.3, 0.4) is 0 Å². The van der Waals surface area contributed by atoms with Gasteiger partial charge in [-0.3, -0.25) is 4.72 Å². The molecular weight excluding hydrogens is 275 g/mol. The molecule has 0 unspecified atom stereocenters. The predicted octanol–water partition coefficient (Wildman–Crippen LogP) is 2.33. The fourth-order valence-electron chi connectivity index (χ4n) is 1.07. The minimum atomic E-state index is -4.49. The van der Waals surface area contributed by atoms with Gasteiger partial charge in [0, 0.05) is 0 Å². The maximum Gasteiger partial charge on any atom is 0.416 e. The summed E-state index contributed by atoms with van der Waals surface area (Å²) in [6.07, 6.45) is -4.49. The Kier molecular flexibility index (Phi) is 3.78. The van der Waals surface area contributed by atoms with Crippen LogP contribution in [0.15, 0.2) is 29.2 Å². The SMILES string of the molecule is CC(=S)NS(=O)(=O)c1ccc(C(F)(F)F)cc1. The Morgan fingerprint density at radius 2 is 1.71 bits per heavy atom. The lowest BCUT2D eigenvalue weighted by Gasteiger charge is -2.09. The first-order chi connectivity index (χ1) is 7.63. The first-order valence-corrected chi connectivity index (χ1v) is 6.23. The molecule has 0 aromatic heterocycles. The van der Waals surface area contributed by atoms with Crippen LogP contribution in [0.4, 0.5) is 13.2 Å². The molecule has 1 aromatic rings. The third-order valence-electron chi connectivity index (χ3n) is 1.77. The van der Waals surface area contributed by atoms with Gasteiger partial charge < -0.3 is 0 Å². The summed E-state index contributed by atoms with van der Waals surface area (Å²) in [5.74, 6) is 0. The third kappa shape index (κ3) is 3.67. The Hall–Kier alpha value is -1.15. The van der Waals surface area contributed by atoms with Crippen LogP contribution in [0.25, 0.3) is 0 Å². The van der Waals surface area contributed by atoms with Crippen molar-refractivity contribution in [3.8, 4) is 0 Å². The van der Waals surface area contributed by atoms with E-state index in [4.69, 9.17) is 0 Å². The van der Waals surface area contributed by atoms with E-state index >= 15 is 0 Å². The fraction of sp³-hybridized carbons (Fsp3) is 0.222. The molecule has 0 aliphatic heterocycles.